The molecule has 0 aliphatic rings. The number of aliphatic hydroxyl groups is 1. The summed E-state index contributed by atoms with van der Waals surface area (Å²) in [6.07, 6.45) is 0. The molecule has 0 radical (unpaired) electrons. The molecule has 0 aliphatic heterocycles. The quantitative estimate of drug-likeness (QED) is 0.657. The molecule has 2 aromatic rings. The minimum Gasteiger partial charge on any atom is -0.489 e. The molecule has 2 rings (SSSR count). The van der Waals surface area contributed by atoms with E-state index in [-0.39, 0.29) is 24.7 Å². The summed E-state index contributed by atoms with van der Waals surface area (Å²) >= 11 is 3.17. The van der Waals surface area contributed by atoms with Crippen molar-refractivity contribution in [2.24, 2.45) is 0 Å². The van der Waals surface area contributed by atoms with Crippen LogP contribution in [0.25, 0.3) is 0 Å². The topological polar surface area (TPSA) is 72.6 Å². The maximum atomic E-state index is 13.3. The van der Waals surface area contributed by atoms with Crippen LogP contribution in [0.5, 0.6) is 5.75 Å². The number of nitrogens with zero attached hydrogens (tertiary/aromatic N) is 1. The summed E-state index contributed by atoms with van der Waals surface area (Å²) in [5.74, 6) is -0.335. The molecule has 0 amide bonds. The third kappa shape index (κ3) is 3.99. The first-order valence-electron chi connectivity index (χ1n) is 5.95. The van der Waals surface area contributed by atoms with Gasteiger partial charge in [0.25, 0.3) is 5.69 Å². The first-order valence-corrected chi connectivity index (χ1v) is 6.75. The molecule has 0 aliphatic carbocycles. The van der Waals surface area contributed by atoms with E-state index in [0.29, 0.717) is 15.6 Å². The minimum absolute atomic E-state index is 0.0715. The lowest BCUT2D eigenvalue weighted by Crippen LogP contribution is -2.01. The Balaban J connectivity index is 2.20. The number of nitro benzene ring substituents is 1. The van der Waals surface area contributed by atoms with Gasteiger partial charge in [0, 0.05) is 16.6 Å². The Morgan fingerprint density at radius 1 is 1.29 bits per heavy atom. The molecule has 21 heavy (non-hydrogen) atoms. The standard InChI is InChI=1S/C14H11BrFNO4/c15-11-2-1-10(14(5-11)17(19)20)8-21-13-4-9(7-18)3-12(16)6-13/h1-6,18H,7-8H2. The molecule has 0 unspecified atom stereocenters. The summed E-state index contributed by atoms with van der Waals surface area (Å²) < 4.78 is 19.3. The van der Waals surface area contributed by atoms with Crippen molar-refractivity contribution in [1.82, 2.24) is 0 Å². The smallest absolute Gasteiger partial charge is 0.277 e. The van der Waals surface area contributed by atoms with E-state index in [2.05, 4.69) is 15.9 Å². The van der Waals surface area contributed by atoms with Gasteiger partial charge in [-0.3, -0.25) is 10.1 Å². The summed E-state index contributed by atoms with van der Waals surface area (Å²) in [6, 6.07) is 8.43. The van der Waals surface area contributed by atoms with E-state index >= 15 is 0 Å². The van der Waals surface area contributed by atoms with Gasteiger partial charge < -0.3 is 9.84 Å². The Labute approximate surface area is 128 Å². The van der Waals surface area contributed by atoms with Crippen LogP contribution in [0.3, 0.4) is 0 Å². The molecular weight excluding hydrogens is 345 g/mol. The van der Waals surface area contributed by atoms with Crippen molar-refractivity contribution in [2.75, 3.05) is 0 Å². The summed E-state index contributed by atoms with van der Waals surface area (Å²) in [7, 11) is 0. The highest BCUT2D eigenvalue weighted by molar-refractivity contribution is 9.10. The summed E-state index contributed by atoms with van der Waals surface area (Å²) in [5.41, 5.74) is 0.663. The van der Waals surface area contributed by atoms with E-state index in [1.54, 1.807) is 12.1 Å². The second-order valence-corrected chi connectivity index (χ2v) is 5.19. The van der Waals surface area contributed by atoms with Gasteiger partial charge in [-0.15, -0.1) is 0 Å². The maximum Gasteiger partial charge on any atom is 0.277 e. The monoisotopic (exact) mass is 355 g/mol. The summed E-state index contributed by atoms with van der Waals surface area (Å²) in [4.78, 5) is 10.5. The molecule has 0 heterocycles. The van der Waals surface area contributed by atoms with Gasteiger partial charge in [0.2, 0.25) is 0 Å². The van der Waals surface area contributed by atoms with Gasteiger partial charge in [-0.1, -0.05) is 15.9 Å². The van der Waals surface area contributed by atoms with E-state index in [4.69, 9.17) is 9.84 Å². The van der Waals surface area contributed by atoms with Gasteiger partial charge in [0.15, 0.2) is 0 Å². The zero-order chi connectivity index (χ0) is 15.4. The zero-order valence-corrected chi connectivity index (χ0v) is 12.3. The van der Waals surface area contributed by atoms with Crippen molar-refractivity contribution in [2.45, 2.75) is 13.2 Å². The molecule has 0 atom stereocenters. The molecule has 7 heteroatoms. The van der Waals surface area contributed by atoms with Gasteiger partial charge in [0.05, 0.1) is 17.1 Å². The number of nitro groups is 1. The highest BCUT2D eigenvalue weighted by Gasteiger charge is 2.14. The zero-order valence-electron chi connectivity index (χ0n) is 10.8. The number of hydrogen-bond acceptors (Lipinski definition) is 4. The van der Waals surface area contributed by atoms with E-state index in [0.717, 1.165) is 6.07 Å². The van der Waals surface area contributed by atoms with Gasteiger partial charge in [-0.2, -0.15) is 0 Å². The second-order valence-electron chi connectivity index (χ2n) is 4.27. The lowest BCUT2D eigenvalue weighted by Gasteiger charge is -2.08. The molecule has 0 aromatic heterocycles. The van der Waals surface area contributed by atoms with Gasteiger partial charge >= 0.3 is 0 Å². The van der Waals surface area contributed by atoms with Crippen LogP contribution in [0.15, 0.2) is 40.9 Å². The number of ether oxygens (including phenoxy) is 1. The number of hydrogen-bond donors (Lipinski definition) is 1. The van der Waals surface area contributed by atoms with Gasteiger partial charge in [-0.25, -0.2) is 4.39 Å². The lowest BCUT2D eigenvalue weighted by atomic mass is 10.2. The maximum absolute atomic E-state index is 13.3. The number of rotatable bonds is 5. The predicted molar refractivity (Wildman–Crippen MR) is 77.5 cm³/mol. The first-order chi connectivity index (χ1) is 9.99. The second kappa shape index (κ2) is 6.64. The van der Waals surface area contributed by atoms with E-state index in [1.807, 2.05) is 0 Å². The Kier molecular flexibility index (Phi) is 4.87. The van der Waals surface area contributed by atoms with Crippen molar-refractivity contribution in [3.05, 3.63) is 67.9 Å². The van der Waals surface area contributed by atoms with Gasteiger partial charge in [-0.05, 0) is 29.8 Å². The third-order valence-corrected chi connectivity index (χ3v) is 3.25. The minimum atomic E-state index is -0.540. The SMILES string of the molecule is O=[N+]([O-])c1cc(Br)ccc1COc1cc(F)cc(CO)c1. The van der Waals surface area contributed by atoms with Crippen molar-refractivity contribution in [3.63, 3.8) is 0 Å². The van der Waals surface area contributed by atoms with E-state index in [1.165, 1.54) is 18.2 Å². The molecule has 0 spiro atoms. The molecule has 5 nitrogen and oxygen atoms in total. The van der Waals surface area contributed by atoms with Crippen LogP contribution in [0.2, 0.25) is 0 Å². The Morgan fingerprint density at radius 3 is 2.71 bits per heavy atom. The fourth-order valence-electron chi connectivity index (χ4n) is 1.79. The molecule has 0 saturated carbocycles. The fraction of sp³-hybridized carbons (Fsp3) is 0.143. The molecule has 0 fully saturated rings. The Hall–Kier alpha value is -1.99. The highest BCUT2D eigenvalue weighted by atomic mass is 79.9. The van der Waals surface area contributed by atoms with Crippen LogP contribution in [0, 0.1) is 15.9 Å². The van der Waals surface area contributed by atoms with Crippen molar-refractivity contribution >= 4 is 21.6 Å². The molecule has 0 saturated heterocycles. The Bertz CT molecular complexity index is 678. The number of halogens is 2. The number of benzene rings is 2. The average Bonchev–Trinajstić information content (AvgIpc) is 2.45. The lowest BCUT2D eigenvalue weighted by molar-refractivity contribution is -0.385. The fourth-order valence-corrected chi connectivity index (χ4v) is 2.13. The predicted octanol–water partition coefficient (Wildman–Crippen LogP) is 3.57. The largest absolute Gasteiger partial charge is 0.489 e. The van der Waals surface area contributed by atoms with Gasteiger partial charge in [0.1, 0.15) is 18.2 Å². The third-order valence-electron chi connectivity index (χ3n) is 2.75. The molecule has 1 N–H and O–H groups in total. The van der Waals surface area contributed by atoms with E-state index in [9.17, 15) is 14.5 Å². The summed E-state index contributed by atoms with van der Waals surface area (Å²) in [6.45, 7) is -0.384. The Morgan fingerprint density at radius 2 is 2.05 bits per heavy atom. The van der Waals surface area contributed by atoms with Crippen LogP contribution >= 0.6 is 15.9 Å². The molecule has 0 bridgehead atoms. The van der Waals surface area contributed by atoms with Crippen LogP contribution in [-0.2, 0) is 13.2 Å². The van der Waals surface area contributed by atoms with Crippen LogP contribution in [0.1, 0.15) is 11.1 Å². The van der Waals surface area contributed by atoms with Crippen molar-refractivity contribution in [1.29, 1.82) is 0 Å². The van der Waals surface area contributed by atoms with Crippen LogP contribution in [-0.4, -0.2) is 10.0 Å². The normalized spacial score (nSPS) is 10.4. The van der Waals surface area contributed by atoms with Crippen molar-refractivity contribution in [3.8, 4) is 5.75 Å². The molecule has 110 valence electrons. The van der Waals surface area contributed by atoms with Crippen LogP contribution < -0.4 is 4.74 Å². The van der Waals surface area contributed by atoms with E-state index < -0.39 is 10.7 Å². The van der Waals surface area contributed by atoms with Crippen molar-refractivity contribution < 1.29 is 19.2 Å². The number of aliphatic hydroxyl groups excluding tert-OH is 1. The highest BCUT2D eigenvalue weighted by Crippen LogP contribution is 2.25. The molecular formula is C14H11BrFNO4. The van der Waals surface area contributed by atoms with Crippen LogP contribution in [0.4, 0.5) is 10.1 Å². The average molecular weight is 356 g/mol. The first kappa shape index (κ1) is 15.4. The molecule has 2 aromatic carbocycles. The summed E-state index contributed by atoms with van der Waals surface area (Å²) in [5, 5.41) is 20.0.